The number of carboxylic acid groups (broad SMARTS) is 1. The summed E-state index contributed by atoms with van der Waals surface area (Å²) in [5.41, 5.74) is 1.87. The Balaban J connectivity index is 2.17. The standard InChI is InChI=1S/C12H13N3O2/c1-7-10-5-8(12(16)17)6-13-11(10)15(14-7)9-3-2-4-9/h5-6,9H,2-4H2,1H3,(H,16,17). The molecule has 5 nitrogen and oxygen atoms in total. The topological polar surface area (TPSA) is 68.0 Å². The van der Waals surface area contributed by atoms with E-state index in [1.54, 1.807) is 6.07 Å². The molecule has 1 saturated carbocycles. The molecule has 0 aliphatic heterocycles. The van der Waals surface area contributed by atoms with Gasteiger partial charge in [0, 0.05) is 11.6 Å². The van der Waals surface area contributed by atoms with Crippen molar-refractivity contribution >= 4 is 17.0 Å². The molecule has 5 heteroatoms. The van der Waals surface area contributed by atoms with Gasteiger partial charge in [-0.2, -0.15) is 5.10 Å². The van der Waals surface area contributed by atoms with Gasteiger partial charge >= 0.3 is 5.97 Å². The first-order chi connectivity index (χ1) is 8.16. The zero-order valence-electron chi connectivity index (χ0n) is 9.55. The predicted octanol–water partition coefficient (Wildman–Crippen LogP) is 2.16. The average molecular weight is 231 g/mol. The number of carbonyl (C=O) groups is 1. The molecule has 0 aromatic carbocycles. The number of aromatic carboxylic acids is 1. The van der Waals surface area contributed by atoms with Crippen LogP contribution in [0.4, 0.5) is 0 Å². The number of nitrogens with zero attached hydrogens (tertiary/aromatic N) is 3. The summed E-state index contributed by atoms with van der Waals surface area (Å²) < 4.78 is 1.94. The van der Waals surface area contributed by atoms with Crippen LogP contribution in [0.3, 0.4) is 0 Å². The van der Waals surface area contributed by atoms with Crippen molar-refractivity contribution in [3.05, 3.63) is 23.5 Å². The van der Waals surface area contributed by atoms with E-state index in [1.807, 2.05) is 11.6 Å². The quantitative estimate of drug-likeness (QED) is 0.860. The lowest BCUT2D eigenvalue weighted by Gasteiger charge is -2.25. The third-order valence-electron chi connectivity index (χ3n) is 3.40. The smallest absolute Gasteiger partial charge is 0.337 e. The molecule has 0 unspecified atom stereocenters. The lowest BCUT2D eigenvalue weighted by Crippen LogP contribution is -2.18. The molecular weight excluding hydrogens is 218 g/mol. The molecule has 17 heavy (non-hydrogen) atoms. The first kappa shape index (κ1) is 10.3. The second kappa shape index (κ2) is 3.55. The van der Waals surface area contributed by atoms with Crippen LogP contribution in [0, 0.1) is 6.92 Å². The van der Waals surface area contributed by atoms with E-state index in [-0.39, 0.29) is 5.56 Å². The number of rotatable bonds is 2. The van der Waals surface area contributed by atoms with Crippen molar-refractivity contribution in [1.82, 2.24) is 14.8 Å². The van der Waals surface area contributed by atoms with E-state index in [9.17, 15) is 4.79 Å². The molecule has 3 rings (SSSR count). The van der Waals surface area contributed by atoms with Crippen molar-refractivity contribution in [3.8, 4) is 0 Å². The molecular formula is C12H13N3O2. The monoisotopic (exact) mass is 231 g/mol. The zero-order chi connectivity index (χ0) is 12.0. The maximum Gasteiger partial charge on any atom is 0.337 e. The maximum atomic E-state index is 10.9. The van der Waals surface area contributed by atoms with Gasteiger partial charge in [-0.1, -0.05) is 0 Å². The van der Waals surface area contributed by atoms with Crippen LogP contribution in [0.1, 0.15) is 41.4 Å². The Labute approximate surface area is 98.1 Å². The highest BCUT2D eigenvalue weighted by atomic mass is 16.4. The molecule has 1 N–H and O–H groups in total. The van der Waals surface area contributed by atoms with Gasteiger partial charge in [-0.15, -0.1) is 0 Å². The first-order valence-electron chi connectivity index (χ1n) is 5.75. The van der Waals surface area contributed by atoms with E-state index in [0.29, 0.717) is 6.04 Å². The average Bonchev–Trinajstić information content (AvgIpc) is 2.54. The number of hydrogen-bond acceptors (Lipinski definition) is 3. The molecule has 2 aromatic rings. The van der Waals surface area contributed by atoms with Gasteiger partial charge in [-0.25, -0.2) is 14.5 Å². The summed E-state index contributed by atoms with van der Waals surface area (Å²) >= 11 is 0. The Morgan fingerprint density at radius 2 is 2.29 bits per heavy atom. The fraction of sp³-hybridized carbons (Fsp3) is 0.417. The minimum absolute atomic E-state index is 0.216. The second-order valence-corrected chi connectivity index (χ2v) is 4.52. The summed E-state index contributed by atoms with van der Waals surface area (Å²) in [5.74, 6) is -0.949. The molecule has 1 fully saturated rings. The lowest BCUT2D eigenvalue weighted by molar-refractivity contribution is 0.0696. The van der Waals surface area contributed by atoms with E-state index >= 15 is 0 Å². The van der Waals surface area contributed by atoms with Gasteiger partial charge < -0.3 is 5.11 Å². The normalized spacial score (nSPS) is 16.1. The number of hydrogen-bond donors (Lipinski definition) is 1. The molecule has 2 heterocycles. The summed E-state index contributed by atoms with van der Waals surface area (Å²) in [5, 5.41) is 14.3. The fourth-order valence-corrected chi connectivity index (χ4v) is 2.17. The van der Waals surface area contributed by atoms with E-state index in [2.05, 4.69) is 10.1 Å². The fourth-order valence-electron chi connectivity index (χ4n) is 2.17. The zero-order valence-corrected chi connectivity index (χ0v) is 9.55. The van der Waals surface area contributed by atoms with Crippen molar-refractivity contribution in [2.75, 3.05) is 0 Å². The van der Waals surface area contributed by atoms with E-state index in [1.165, 1.54) is 12.6 Å². The lowest BCUT2D eigenvalue weighted by atomic mass is 9.93. The first-order valence-corrected chi connectivity index (χ1v) is 5.75. The van der Waals surface area contributed by atoms with Crippen LogP contribution in [0.25, 0.3) is 11.0 Å². The predicted molar refractivity (Wildman–Crippen MR) is 62.1 cm³/mol. The number of aryl methyl sites for hydroxylation is 1. The van der Waals surface area contributed by atoms with Gasteiger partial charge in [-0.3, -0.25) is 0 Å². The number of fused-ring (bicyclic) bond motifs is 1. The molecule has 0 bridgehead atoms. The van der Waals surface area contributed by atoms with Crippen LogP contribution in [0.2, 0.25) is 0 Å². The summed E-state index contributed by atoms with van der Waals surface area (Å²) in [6, 6.07) is 2.09. The highest BCUT2D eigenvalue weighted by Crippen LogP contribution is 2.33. The SMILES string of the molecule is Cc1nn(C2CCC2)c2ncc(C(=O)O)cc12. The Bertz CT molecular complexity index is 599. The summed E-state index contributed by atoms with van der Waals surface area (Å²) in [6.07, 6.45) is 4.91. The molecule has 0 radical (unpaired) electrons. The minimum Gasteiger partial charge on any atom is -0.478 e. The van der Waals surface area contributed by atoms with Crippen LogP contribution in [-0.2, 0) is 0 Å². The van der Waals surface area contributed by atoms with Crippen molar-refractivity contribution in [2.45, 2.75) is 32.2 Å². The molecule has 88 valence electrons. The van der Waals surface area contributed by atoms with Gasteiger partial charge in [0.05, 0.1) is 17.3 Å². The van der Waals surface area contributed by atoms with Gasteiger partial charge in [0.15, 0.2) is 5.65 Å². The number of pyridine rings is 1. The summed E-state index contributed by atoms with van der Waals surface area (Å²) in [7, 11) is 0. The van der Waals surface area contributed by atoms with Crippen LogP contribution in [0.5, 0.6) is 0 Å². The van der Waals surface area contributed by atoms with Crippen LogP contribution >= 0.6 is 0 Å². The largest absolute Gasteiger partial charge is 0.478 e. The number of aromatic nitrogens is 3. The summed E-state index contributed by atoms with van der Waals surface area (Å²) in [4.78, 5) is 15.1. The molecule has 2 aromatic heterocycles. The highest BCUT2D eigenvalue weighted by molar-refractivity contribution is 5.92. The van der Waals surface area contributed by atoms with Crippen molar-refractivity contribution in [3.63, 3.8) is 0 Å². The van der Waals surface area contributed by atoms with Crippen LogP contribution in [-0.4, -0.2) is 25.8 Å². The van der Waals surface area contributed by atoms with Gasteiger partial charge in [0.25, 0.3) is 0 Å². The Morgan fingerprint density at radius 1 is 1.53 bits per heavy atom. The highest BCUT2D eigenvalue weighted by Gasteiger charge is 2.23. The van der Waals surface area contributed by atoms with Crippen molar-refractivity contribution in [1.29, 1.82) is 0 Å². The van der Waals surface area contributed by atoms with Crippen molar-refractivity contribution < 1.29 is 9.90 Å². The van der Waals surface area contributed by atoms with Gasteiger partial charge in [-0.05, 0) is 32.3 Å². The van der Waals surface area contributed by atoms with Crippen LogP contribution < -0.4 is 0 Å². The van der Waals surface area contributed by atoms with Crippen LogP contribution in [0.15, 0.2) is 12.3 Å². The Kier molecular flexibility index (Phi) is 2.14. The molecule has 0 atom stereocenters. The molecule has 1 aliphatic rings. The molecule has 1 aliphatic carbocycles. The van der Waals surface area contributed by atoms with E-state index in [4.69, 9.17) is 5.11 Å². The molecule has 0 amide bonds. The van der Waals surface area contributed by atoms with E-state index < -0.39 is 5.97 Å². The second-order valence-electron chi connectivity index (χ2n) is 4.52. The molecule has 0 saturated heterocycles. The van der Waals surface area contributed by atoms with E-state index in [0.717, 1.165) is 29.6 Å². The third-order valence-corrected chi connectivity index (χ3v) is 3.40. The Morgan fingerprint density at radius 3 is 2.88 bits per heavy atom. The minimum atomic E-state index is -0.949. The van der Waals surface area contributed by atoms with Gasteiger partial charge in [0.2, 0.25) is 0 Å². The maximum absolute atomic E-state index is 10.9. The number of carboxylic acids is 1. The summed E-state index contributed by atoms with van der Waals surface area (Å²) in [6.45, 7) is 1.89. The third kappa shape index (κ3) is 1.50. The Hall–Kier alpha value is -1.91. The molecule has 0 spiro atoms. The van der Waals surface area contributed by atoms with Gasteiger partial charge in [0.1, 0.15) is 0 Å². The van der Waals surface area contributed by atoms with Crippen molar-refractivity contribution in [2.24, 2.45) is 0 Å².